The van der Waals surface area contributed by atoms with Crippen LogP contribution in [0.1, 0.15) is 17.7 Å². The van der Waals surface area contributed by atoms with Crippen molar-refractivity contribution in [1.29, 1.82) is 15.8 Å². The van der Waals surface area contributed by atoms with Gasteiger partial charge in [0, 0.05) is 36.4 Å². The number of halogens is 1. The molecule has 8 heteroatoms. The first-order chi connectivity index (χ1) is 12.9. The summed E-state index contributed by atoms with van der Waals surface area (Å²) in [7, 11) is 1.99. The van der Waals surface area contributed by atoms with Gasteiger partial charge in [-0.1, -0.05) is 6.08 Å². The molecule has 0 fully saturated rings. The van der Waals surface area contributed by atoms with Crippen LogP contribution in [0.2, 0.25) is 0 Å². The highest BCUT2D eigenvalue weighted by Gasteiger charge is 2.54. The topological polar surface area (TPSA) is 121 Å². The van der Waals surface area contributed by atoms with E-state index >= 15 is 0 Å². The second-order valence-electron chi connectivity index (χ2n) is 6.36. The quantitative estimate of drug-likeness (QED) is 0.684. The van der Waals surface area contributed by atoms with Crippen molar-refractivity contribution in [2.75, 3.05) is 26.7 Å². The first-order valence-electron chi connectivity index (χ1n) is 8.37. The van der Waals surface area contributed by atoms with Gasteiger partial charge in [-0.3, -0.25) is 0 Å². The van der Waals surface area contributed by atoms with Crippen molar-refractivity contribution in [3.05, 3.63) is 43.7 Å². The van der Waals surface area contributed by atoms with Crippen molar-refractivity contribution in [2.45, 2.75) is 12.8 Å². The Balaban J connectivity index is 0.000000817. The Hall–Kier alpha value is -2.15. The molecule has 6 nitrogen and oxygen atoms in total. The van der Waals surface area contributed by atoms with E-state index in [1.165, 1.54) is 11.3 Å². The summed E-state index contributed by atoms with van der Waals surface area (Å²) in [5.74, 6) is -0.509. The molecule has 0 saturated heterocycles. The summed E-state index contributed by atoms with van der Waals surface area (Å²) in [5.41, 5.74) is 5.92. The Morgan fingerprint density at radius 1 is 1.37 bits per heavy atom. The fourth-order valence-electron chi connectivity index (χ4n) is 3.63. The molecule has 0 aromatic carbocycles. The van der Waals surface area contributed by atoms with E-state index in [1.54, 1.807) is 6.92 Å². The summed E-state index contributed by atoms with van der Waals surface area (Å²) in [4.78, 5) is 3.05. The number of aliphatic hydroxyl groups excluding tert-OH is 1. The zero-order valence-corrected chi connectivity index (χ0v) is 17.5. The predicted molar refractivity (Wildman–Crippen MR) is 107 cm³/mol. The van der Waals surface area contributed by atoms with Crippen LogP contribution >= 0.6 is 27.3 Å². The van der Waals surface area contributed by atoms with Gasteiger partial charge in [-0.15, -0.1) is 11.3 Å². The van der Waals surface area contributed by atoms with E-state index in [0.717, 1.165) is 20.8 Å². The van der Waals surface area contributed by atoms with Crippen molar-refractivity contribution in [3.8, 4) is 18.2 Å². The lowest BCUT2D eigenvalue weighted by Gasteiger charge is -2.44. The maximum absolute atomic E-state index is 9.88. The van der Waals surface area contributed by atoms with Crippen molar-refractivity contribution in [1.82, 2.24) is 4.90 Å². The van der Waals surface area contributed by atoms with E-state index in [0.29, 0.717) is 12.1 Å². The molecule has 0 amide bonds. The van der Waals surface area contributed by atoms with E-state index in [-0.39, 0.29) is 18.2 Å². The molecule has 2 heterocycles. The van der Waals surface area contributed by atoms with Crippen LogP contribution in [-0.4, -0.2) is 36.8 Å². The normalized spacial score (nSPS) is 23.7. The molecule has 1 aromatic heterocycles. The van der Waals surface area contributed by atoms with E-state index < -0.39 is 11.3 Å². The number of allylic oxidation sites excluding steroid dienone is 2. The summed E-state index contributed by atoms with van der Waals surface area (Å²) in [6.45, 7) is 3.33. The number of nitriles is 3. The minimum absolute atomic E-state index is 0.0802. The third kappa shape index (κ3) is 3.65. The number of hydrogen-bond acceptors (Lipinski definition) is 7. The number of fused-ring (bicyclic) bond motifs is 1. The molecule has 2 unspecified atom stereocenters. The van der Waals surface area contributed by atoms with Gasteiger partial charge in [-0.2, -0.15) is 15.8 Å². The van der Waals surface area contributed by atoms with Gasteiger partial charge in [0.25, 0.3) is 0 Å². The molecule has 2 aliphatic rings. The standard InChI is InChI=1S/C17H14BrN5S.C2H6O/c1-23-5-4-10-11(6-19)16(22)17(8-20,9-21)15(12(10)7-23)13-2-3-14(18)24-13;1-2-3/h2-4,12,15H,5,7,22H2,1H3;3H,2H2,1H3. The average Bonchev–Trinajstić information content (AvgIpc) is 3.07. The number of thiophene rings is 1. The average molecular weight is 446 g/mol. The molecular weight excluding hydrogens is 426 g/mol. The van der Waals surface area contributed by atoms with E-state index in [4.69, 9.17) is 10.8 Å². The van der Waals surface area contributed by atoms with Crippen LogP contribution in [0.5, 0.6) is 0 Å². The van der Waals surface area contributed by atoms with Crippen LogP contribution < -0.4 is 5.73 Å². The number of aliphatic hydroxyl groups is 1. The molecule has 0 bridgehead atoms. The largest absolute Gasteiger partial charge is 0.399 e. The highest BCUT2D eigenvalue weighted by Crippen LogP contribution is 2.55. The van der Waals surface area contributed by atoms with Crippen LogP contribution in [0, 0.1) is 45.3 Å². The second-order valence-corrected chi connectivity index (χ2v) is 8.85. The molecular formula is C19H20BrN5OS. The minimum Gasteiger partial charge on any atom is -0.399 e. The number of nitrogens with zero attached hydrogens (tertiary/aromatic N) is 4. The monoisotopic (exact) mass is 445 g/mol. The molecule has 0 saturated carbocycles. The van der Waals surface area contributed by atoms with Crippen molar-refractivity contribution >= 4 is 27.3 Å². The third-order valence-corrected chi connectivity index (χ3v) is 6.45. The van der Waals surface area contributed by atoms with Crippen molar-refractivity contribution in [3.63, 3.8) is 0 Å². The molecule has 1 aliphatic heterocycles. The third-order valence-electron chi connectivity index (χ3n) is 4.75. The second kappa shape index (κ2) is 8.69. The zero-order chi connectivity index (χ0) is 20.2. The maximum Gasteiger partial charge on any atom is 0.192 e. The molecule has 3 N–H and O–H groups in total. The molecule has 140 valence electrons. The zero-order valence-electron chi connectivity index (χ0n) is 15.1. The van der Waals surface area contributed by atoms with Crippen LogP contribution in [0.15, 0.2) is 38.8 Å². The number of likely N-dealkylation sites (N-methyl/N-ethyl adjacent to an activating group) is 1. The number of hydrogen-bond donors (Lipinski definition) is 2. The SMILES string of the molecule is CCO.CN1CC=C2C(C#N)=C(N)C(C#N)(C#N)C(c3ccc(Br)s3)C2C1. The Kier molecular flexibility index (Phi) is 6.81. The van der Waals surface area contributed by atoms with Crippen LogP contribution in [0.3, 0.4) is 0 Å². The Morgan fingerprint density at radius 3 is 2.48 bits per heavy atom. The van der Waals surface area contributed by atoms with E-state index in [1.807, 2.05) is 25.3 Å². The lowest BCUT2D eigenvalue weighted by atomic mass is 9.59. The highest BCUT2D eigenvalue weighted by molar-refractivity contribution is 9.11. The fraction of sp³-hybridized carbons (Fsp3) is 0.421. The van der Waals surface area contributed by atoms with E-state index in [2.05, 4.69) is 39.0 Å². The van der Waals surface area contributed by atoms with Crippen molar-refractivity contribution in [2.24, 2.45) is 17.1 Å². The van der Waals surface area contributed by atoms with E-state index in [9.17, 15) is 15.8 Å². The lowest BCUT2D eigenvalue weighted by molar-refractivity contribution is 0.240. The summed E-state index contributed by atoms with van der Waals surface area (Å²) >= 11 is 4.96. The van der Waals surface area contributed by atoms with Gasteiger partial charge in [-0.25, -0.2) is 0 Å². The first-order valence-corrected chi connectivity index (χ1v) is 9.98. The first kappa shape index (κ1) is 21.2. The summed E-state index contributed by atoms with van der Waals surface area (Å²) in [6, 6.07) is 10.2. The Bertz CT molecular complexity index is 884. The number of rotatable bonds is 1. The predicted octanol–water partition coefficient (Wildman–Crippen LogP) is 2.86. The molecule has 3 rings (SSSR count). The Labute approximate surface area is 171 Å². The summed E-state index contributed by atoms with van der Waals surface area (Å²) < 4.78 is 0.936. The van der Waals surface area contributed by atoms with Gasteiger partial charge in [0.2, 0.25) is 0 Å². The van der Waals surface area contributed by atoms with Crippen LogP contribution in [0.25, 0.3) is 0 Å². The number of nitrogens with two attached hydrogens (primary N) is 1. The molecule has 2 atom stereocenters. The van der Waals surface area contributed by atoms with Gasteiger partial charge in [0.1, 0.15) is 6.07 Å². The smallest absolute Gasteiger partial charge is 0.192 e. The maximum atomic E-state index is 9.88. The molecule has 0 radical (unpaired) electrons. The minimum atomic E-state index is -1.53. The summed E-state index contributed by atoms with van der Waals surface area (Å²) in [6.07, 6.45) is 1.99. The van der Waals surface area contributed by atoms with Gasteiger partial charge >= 0.3 is 0 Å². The van der Waals surface area contributed by atoms with Gasteiger partial charge < -0.3 is 15.7 Å². The van der Waals surface area contributed by atoms with Crippen LogP contribution in [-0.2, 0) is 0 Å². The molecule has 1 aliphatic carbocycles. The van der Waals surface area contributed by atoms with Gasteiger partial charge in [0.05, 0.1) is 27.2 Å². The Morgan fingerprint density at radius 2 is 2.00 bits per heavy atom. The highest BCUT2D eigenvalue weighted by atomic mass is 79.9. The summed E-state index contributed by atoms with van der Waals surface area (Å²) in [5, 5.41) is 36.9. The van der Waals surface area contributed by atoms with Crippen LogP contribution in [0.4, 0.5) is 0 Å². The molecule has 0 spiro atoms. The van der Waals surface area contributed by atoms with Crippen molar-refractivity contribution < 1.29 is 5.11 Å². The molecule has 27 heavy (non-hydrogen) atoms. The van der Waals surface area contributed by atoms with Gasteiger partial charge in [0.15, 0.2) is 5.41 Å². The van der Waals surface area contributed by atoms with Gasteiger partial charge in [-0.05, 0) is 47.6 Å². The molecule has 1 aromatic rings. The lowest BCUT2D eigenvalue weighted by Crippen LogP contribution is -2.47. The fourth-order valence-corrected chi connectivity index (χ4v) is 5.28.